The standard InChI is InChI=1S/C25H50O2.C4H6O2/c1-24(2)22-20-18-16-14-12-10-8-6-4-3-5-7-9-11-13-15-17-19-21-23-25(26)27;1-3-6-4(2)5/h24H,3-23H2,1-2H3,(H,26,27);3H,1H2,2H3. The van der Waals surface area contributed by atoms with Gasteiger partial charge in [-0.3, -0.25) is 9.59 Å². The Morgan fingerprint density at radius 3 is 1.18 bits per heavy atom. The Hall–Kier alpha value is -1.32. The zero-order valence-corrected chi connectivity index (χ0v) is 22.4. The van der Waals surface area contributed by atoms with Crippen molar-refractivity contribution in [2.75, 3.05) is 0 Å². The number of rotatable bonds is 23. The van der Waals surface area contributed by atoms with E-state index in [0.29, 0.717) is 6.42 Å². The number of carboxylic acid groups (broad SMARTS) is 1. The number of unbranched alkanes of at least 4 members (excludes halogenated alkanes) is 18. The van der Waals surface area contributed by atoms with Crippen LogP contribution in [0.25, 0.3) is 0 Å². The molecule has 0 aliphatic rings. The molecule has 0 rings (SSSR count). The minimum Gasteiger partial charge on any atom is -0.481 e. The van der Waals surface area contributed by atoms with E-state index in [1.807, 2.05) is 0 Å². The molecule has 0 aromatic carbocycles. The Morgan fingerprint density at radius 1 is 0.667 bits per heavy atom. The smallest absolute Gasteiger partial charge is 0.307 e. The largest absolute Gasteiger partial charge is 0.481 e. The van der Waals surface area contributed by atoms with Gasteiger partial charge in [0.1, 0.15) is 0 Å². The van der Waals surface area contributed by atoms with Gasteiger partial charge in [0.05, 0.1) is 6.26 Å². The summed E-state index contributed by atoms with van der Waals surface area (Å²) >= 11 is 0. The van der Waals surface area contributed by atoms with E-state index < -0.39 is 5.97 Å². The molecule has 0 saturated carbocycles. The molecule has 0 bridgehead atoms. The molecule has 0 aliphatic heterocycles. The summed E-state index contributed by atoms with van der Waals surface area (Å²) < 4.78 is 4.17. The third-order valence-electron chi connectivity index (χ3n) is 5.92. The van der Waals surface area contributed by atoms with Crippen LogP contribution >= 0.6 is 0 Å². The van der Waals surface area contributed by atoms with Crippen LogP contribution in [0.2, 0.25) is 0 Å². The van der Waals surface area contributed by atoms with Gasteiger partial charge in [-0.05, 0) is 12.3 Å². The summed E-state index contributed by atoms with van der Waals surface area (Å²) in [5.41, 5.74) is 0. The lowest BCUT2D eigenvalue weighted by Gasteiger charge is -2.05. The van der Waals surface area contributed by atoms with Crippen molar-refractivity contribution in [1.29, 1.82) is 0 Å². The van der Waals surface area contributed by atoms with Gasteiger partial charge in [0, 0.05) is 13.3 Å². The van der Waals surface area contributed by atoms with Crippen LogP contribution < -0.4 is 0 Å². The quantitative estimate of drug-likeness (QED) is 0.0920. The minimum atomic E-state index is -0.650. The van der Waals surface area contributed by atoms with E-state index in [1.165, 1.54) is 122 Å². The number of hydrogen-bond donors (Lipinski definition) is 1. The maximum atomic E-state index is 10.4. The number of carbonyl (C=O) groups excluding carboxylic acids is 1. The average molecular weight is 469 g/mol. The van der Waals surface area contributed by atoms with Gasteiger partial charge in [-0.2, -0.15) is 0 Å². The van der Waals surface area contributed by atoms with Crippen LogP contribution in [-0.4, -0.2) is 17.0 Å². The highest BCUT2D eigenvalue weighted by molar-refractivity contribution is 5.66. The number of esters is 1. The number of carboxylic acids is 1. The van der Waals surface area contributed by atoms with Crippen molar-refractivity contribution >= 4 is 11.9 Å². The van der Waals surface area contributed by atoms with Crippen LogP contribution in [0, 0.1) is 5.92 Å². The fourth-order valence-corrected chi connectivity index (χ4v) is 3.95. The summed E-state index contributed by atoms with van der Waals surface area (Å²) in [6.45, 7) is 9.14. The minimum absolute atomic E-state index is 0.329. The lowest BCUT2D eigenvalue weighted by Crippen LogP contribution is -1.93. The lowest BCUT2D eigenvalue weighted by molar-refractivity contribution is -0.137. The Balaban J connectivity index is 0. The summed E-state index contributed by atoms with van der Waals surface area (Å²) in [5, 5.41) is 8.58. The molecule has 0 saturated heterocycles. The Kier molecular flexibility index (Phi) is 29.5. The first-order chi connectivity index (χ1) is 15.9. The van der Waals surface area contributed by atoms with E-state index in [4.69, 9.17) is 5.11 Å². The first-order valence-electron chi connectivity index (χ1n) is 13.9. The Bertz CT molecular complexity index is 431. The van der Waals surface area contributed by atoms with E-state index in [0.717, 1.165) is 25.0 Å². The van der Waals surface area contributed by atoms with Gasteiger partial charge in [0.2, 0.25) is 0 Å². The molecule has 0 aliphatic carbocycles. The van der Waals surface area contributed by atoms with Gasteiger partial charge in [-0.15, -0.1) is 0 Å². The molecular weight excluding hydrogens is 412 g/mol. The maximum absolute atomic E-state index is 10.4. The molecule has 0 spiro atoms. The predicted molar refractivity (Wildman–Crippen MR) is 141 cm³/mol. The molecule has 0 atom stereocenters. The summed E-state index contributed by atoms with van der Waals surface area (Å²) in [6.07, 6.45) is 28.7. The van der Waals surface area contributed by atoms with Crippen LogP contribution in [-0.2, 0) is 14.3 Å². The van der Waals surface area contributed by atoms with Crippen LogP contribution in [0.4, 0.5) is 0 Å². The van der Waals surface area contributed by atoms with Gasteiger partial charge < -0.3 is 9.84 Å². The monoisotopic (exact) mass is 468 g/mol. The Labute approximate surface area is 206 Å². The van der Waals surface area contributed by atoms with Crippen LogP contribution in [0.1, 0.15) is 156 Å². The summed E-state index contributed by atoms with van der Waals surface area (Å²) in [7, 11) is 0. The molecule has 0 unspecified atom stereocenters. The third kappa shape index (κ3) is 38.3. The van der Waals surface area contributed by atoms with Crippen LogP contribution in [0.5, 0.6) is 0 Å². The van der Waals surface area contributed by atoms with Crippen molar-refractivity contribution in [1.82, 2.24) is 0 Å². The molecule has 33 heavy (non-hydrogen) atoms. The number of aliphatic carboxylic acids is 1. The second-order valence-corrected chi connectivity index (χ2v) is 9.82. The van der Waals surface area contributed by atoms with Crippen molar-refractivity contribution < 1.29 is 19.4 Å². The van der Waals surface area contributed by atoms with Crippen LogP contribution in [0.3, 0.4) is 0 Å². The first kappa shape index (κ1) is 33.9. The van der Waals surface area contributed by atoms with Crippen molar-refractivity contribution in [3.05, 3.63) is 12.8 Å². The van der Waals surface area contributed by atoms with Gasteiger partial charge in [-0.25, -0.2) is 0 Å². The molecule has 0 aromatic heterocycles. The van der Waals surface area contributed by atoms with Crippen molar-refractivity contribution in [2.24, 2.45) is 5.92 Å². The van der Waals surface area contributed by atoms with Crippen molar-refractivity contribution in [3.8, 4) is 0 Å². The predicted octanol–water partition coefficient (Wildman–Crippen LogP) is 9.61. The van der Waals surface area contributed by atoms with Crippen molar-refractivity contribution in [3.63, 3.8) is 0 Å². The second kappa shape index (κ2) is 28.7. The Morgan fingerprint density at radius 2 is 0.970 bits per heavy atom. The number of ether oxygens (including phenoxy) is 1. The highest BCUT2D eigenvalue weighted by Gasteiger charge is 1.98. The second-order valence-electron chi connectivity index (χ2n) is 9.82. The maximum Gasteiger partial charge on any atom is 0.307 e. The van der Waals surface area contributed by atoms with E-state index in [1.54, 1.807) is 0 Å². The molecule has 4 heteroatoms. The summed E-state index contributed by atoms with van der Waals surface area (Å²) in [5.74, 6) is -0.0978. The average Bonchev–Trinajstić information content (AvgIpc) is 2.74. The fourth-order valence-electron chi connectivity index (χ4n) is 3.95. The van der Waals surface area contributed by atoms with Crippen LogP contribution in [0.15, 0.2) is 12.8 Å². The van der Waals surface area contributed by atoms with E-state index in [-0.39, 0.29) is 5.97 Å². The molecule has 0 heterocycles. The molecular formula is C29H56O4. The topological polar surface area (TPSA) is 63.6 Å². The molecule has 0 fully saturated rings. The van der Waals surface area contributed by atoms with E-state index in [2.05, 4.69) is 25.2 Å². The van der Waals surface area contributed by atoms with E-state index >= 15 is 0 Å². The van der Waals surface area contributed by atoms with Gasteiger partial charge in [-0.1, -0.05) is 142 Å². The van der Waals surface area contributed by atoms with Gasteiger partial charge >= 0.3 is 11.9 Å². The summed E-state index contributed by atoms with van der Waals surface area (Å²) in [4.78, 5) is 20.2. The van der Waals surface area contributed by atoms with Gasteiger partial charge in [0.15, 0.2) is 0 Å². The molecule has 0 aromatic rings. The molecule has 196 valence electrons. The number of hydrogen-bond acceptors (Lipinski definition) is 3. The van der Waals surface area contributed by atoms with Crippen molar-refractivity contribution in [2.45, 2.75) is 156 Å². The zero-order chi connectivity index (χ0) is 25.0. The molecule has 4 nitrogen and oxygen atoms in total. The first-order valence-corrected chi connectivity index (χ1v) is 13.9. The fraction of sp³-hybridized carbons (Fsp3) is 0.862. The summed E-state index contributed by atoms with van der Waals surface area (Å²) in [6, 6.07) is 0. The molecule has 0 radical (unpaired) electrons. The van der Waals surface area contributed by atoms with E-state index in [9.17, 15) is 9.59 Å². The molecule has 0 amide bonds. The lowest BCUT2D eigenvalue weighted by atomic mass is 10.0. The highest BCUT2D eigenvalue weighted by atomic mass is 16.5. The molecule has 1 N–H and O–H groups in total. The normalized spacial score (nSPS) is 10.5. The number of carbonyl (C=O) groups is 2. The van der Waals surface area contributed by atoms with Gasteiger partial charge in [0.25, 0.3) is 0 Å². The highest BCUT2D eigenvalue weighted by Crippen LogP contribution is 2.15. The SMILES string of the molecule is C=COC(C)=O.CC(C)CCCCCCCCCCCCCCCCCCCCCC(=O)O. The zero-order valence-electron chi connectivity index (χ0n) is 22.4. The third-order valence-corrected chi connectivity index (χ3v) is 5.92.